The van der Waals surface area contributed by atoms with Gasteiger partial charge in [-0.1, -0.05) is 18.9 Å². The number of halogens is 1. The van der Waals surface area contributed by atoms with E-state index in [0.717, 1.165) is 74.0 Å². The fraction of sp³-hybridized carbons (Fsp3) is 0.540. The van der Waals surface area contributed by atoms with Gasteiger partial charge >= 0.3 is 6.03 Å². The van der Waals surface area contributed by atoms with Gasteiger partial charge in [0.15, 0.2) is 0 Å². The summed E-state index contributed by atoms with van der Waals surface area (Å²) in [6.07, 6.45) is 11.9. The number of nitrogens with zero attached hydrogens (tertiary/aromatic N) is 9. The molecule has 5 aliphatic heterocycles. The topological polar surface area (TPSA) is 220 Å². The molecule has 1 unspecified atom stereocenters. The zero-order valence-corrected chi connectivity index (χ0v) is 40.1. The van der Waals surface area contributed by atoms with Gasteiger partial charge in [-0.25, -0.2) is 19.2 Å². The number of rotatable bonds is 14. The molecule has 4 aromatic rings. The lowest BCUT2D eigenvalue weighted by molar-refractivity contribution is -0.136. The number of carbonyl (C=O) groups excluding carboxylic acids is 6. The molecular formula is C50H62FN13O7. The Morgan fingerprint density at radius 1 is 0.873 bits per heavy atom. The fourth-order valence-electron chi connectivity index (χ4n) is 11.1. The van der Waals surface area contributed by atoms with Gasteiger partial charge in [-0.15, -0.1) is 0 Å². The van der Waals surface area contributed by atoms with Crippen LogP contribution in [0.2, 0.25) is 0 Å². The standard InChI is InChI=1S/C50H62FN13O7/c1-71-40-16-22-62(30-36(40)51)49-53-18-13-41(57-49)56-42-27-39-34(28-54-42)35(29-63(39)32-7-2-3-8-32)45(66)55-31-14-20-60(21-15-31)50(70)61-25-23-59(24-26-61)19-5-4-17-52-37-10-6-9-33-44(37)48(69)64(47(33)68)38-11-12-43(65)58-46(38)67/h6,9-10,13,18,27-29,31-32,36,38,40,52H,2-5,7-8,11-12,14-17,19-26,30H2,1H3,(H,55,66)(H,58,65,67)(H,53,54,56,57)/t36-,38?,40+/m1/s1. The quantitative estimate of drug-likeness (QED) is 0.101. The highest BCUT2D eigenvalue weighted by molar-refractivity contribution is 6.25. The molecule has 1 aliphatic carbocycles. The molecular weight excluding hydrogens is 914 g/mol. The van der Waals surface area contributed by atoms with Crippen molar-refractivity contribution in [1.29, 1.82) is 0 Å². The number of anilines is 4. The number of methoxy groups -OCH3 is 1. The summed E-state index contributed by atoms with van der Waals surface area (Å²) in [4.78, 5) is 101. The smallest absolute Gasteiger partial charge is 0.320 e. The maximum Gasteiger partial charge on any atom is 0.320 e. The van der Waals surface area contributed by atoms with Gasteiger partial charge in [0.05, 0.1) is 34.9 Å². The first-order valence-electron chi connectivity index (χ1n) is 25.2. The summed E-state index contributed by atoms with van der Waals surface area (Å²) in [5.74, 6) is -0.710. The number of carbonyl (C=O) groups is 6. The second-order valence-corrected chi connectivity index (χ2v) is 19.5. The van der Waals surface area contributed by atoms with E-state index in [-0.39, 0.29) is 54.5 Å². The van der Waals surface area contributed by atoms with Crippen LogP contribution in [0.1, 0.15) is 108 Å². The van der Waals surface area contributed by atoms with Crippen LogP contribution in [-0.2, 0) is 14.3 Å². The summed E-state index contributed by atoms with van der Waals surface area (Å²) in [6, 6.07) is 8.00. The van der Waals surface area contributed by atoms with Gasteiger partial charge < -0.3 is 40.0 Å². The third kappa shape index (κ3) is 10.1. The number of pyridine rings is 1. The molecule has 1 saturated carbocycles. The Labute approximate surface area is 411 Å². The summed E-state index contributed by atoms with van der Waals surface area (Å²) in [6.45, 7) is 6.10. The number of imide groups is 2. The maximum atomic E-state index is 14.7. The average Bonchev–Trinajstić information content (AvgIpc) is 4.11. The maximum absolute atomic E-state index is 14.7. The van der Waals surface area contributed by atoms with Crippen LogP contribution in [0.15, 0.2) is 48.9 Å². The van der Waals surface area contributed by atoms with Gasteiger partial charge in [0.1, 0.15) is 23.8 Å². The molecule has 0 spiro atoms. The number of ether oxygens (including phenoxy) is 1. The first-order valence-corrected chi connectivity index (χ1v) is 25.2. The predicted molar refractivity (Wildman–Crippen MR) is 261 cm³/mol. The van der Waals surface area contributed by atoms with E-state index in [1.54, 1.807) is 36.7 Å². The van der Waals surface area contributed by atoms with Crippen LogP contribution in [0.4, 0.5) is 32.5 Å². The molecule has 8 heterocycles. The fourth-order valence-corrected chi connectivity index (χ4v) is 11.1. The van der Waals surface area contributed by atoms with Crippen molar-refractivity contribution in [1.82, 2.24) is 49.8 Å². The Balaban J connectivity index is 0.672. The summed E-state index contributed by atoms with van der Waals surface area (Å²) in [5, 5.41) is 12.9. The Bertz CT molecular complexity index is 2680. The molecule has 4 saturated heterocycles. The number of amides is 7. The third-order valence-electron chi connectivity index (χ3n) is 15.1. The highest BCUT2D eigenvalue weighted by Crippen LogP contribution is 2.36. The Hall–Kier alpha value is -6.74. The van der Waals surface area contributed by atoms with Gasteiger partial charge in [-0.2, -0.15) is 4.98 Å². The molecule has 7 amide bonds. The molecule has 376 valence electrons. The highest BCUT2D eigenvalue weighted by Gasteiger charge is 2.45. The lowest BCUT2D eigenvalue weighted by atomic mass is 10.0. The van der Waals surface area contributed by atoms with Crippen LogP contribution >= 0.6 is 0 Å². The van der Waals surface area contributed by atoms with Crippen LogP contribution in [0.5, 0.6) is 0 Å². The predicted octanol–water partition coefficient (Wildman–Crippen LogP) is 4.47. The number of hydrogen-bond acceptors (Lipinski definition) is 14. The first kappa shape index (κ1) is 47.9. The minimum atomic E-state index is -1.13. The van der Waals surface area contributed by atoms with Crippen LogP contribution in [0, 0.1) is 0 Å². The van der Waals surface area contributed by atoms with E-state index in [1.807, 2.05) is 27.0 Å². The Morgan fingerprint density at radius 2 is 1.66 bits per heavy atom. The number of hydrogen-bond donors (Lipinski definition) is 4. The molecule has 5 fully saturated rings. The average molecular weight is 976 g/mol. The van der Waals surface area contributed by atoms with Gasteiger partial charge in [0, 0.05) is 114 Å². The number of aromatic nitrogens is 4. The van der Waals surface area contributed by atoms with Gasteiger partial charge in [-0.3, -0.25) is 39.1 Å². The number of urea groups is 1. The third-order valence-corrected chi connectivity index (χ3v) is 15.1. The van der Waals surface area contributed by atoms with Crippen LogP contribution in [0.25, 0.3) is 10.9 Å². The van der Waals surface area contributed by atoms with Crippen molar-refractivity contribution in [3.63, 3.8) is 0 Å². The van der Waals surface area contributed by atoms with E-state index < -0.39 is 41.9 Å². The summed E-state index contributed by atoms with van der Waals surface area (Å²) >= 11 is 0. The van der Waals surface area contributed by atoms with Crippen molar-refractivity contribution >= 4 is 69.7 Å². The van der Waals surface area contributed by atoms with Crippen molar-refractivity contribution in [3.05, 3.63) is 65.6 Å². The van der Waals surface area contributed by atoms with Gasteiger partial charge in [0.2, 0.25) is 17.8 Å². The first-order chi connectivity index (χ1) is 34.5. The molecule has 6 aliphatic rings. The minimum Gasteiger partial charge on any atom is -0.384 e. The van der Waals surface area contributed by atoms with Gasteiger partial charge in [0.25, 0.3) is 17.7 Å². The highest BCUT2D eigenvalue weighted by atomic mass is 19.1. The normalized spacial score (nSPS) is 22.6. The number of fused-ring (bicyclic) bond motifs is 2. The molecule has 1 aromatic carbocycles. The van der Waals surface area contributed by atoms with Crippen molar-refractivity contribution in [2.45, 2.75) is 101 Å². The molecule has 20 nitrogen and oxygen atoms in total. The summed E-state index contributed by atoms with van der Waals surface area (Å²) in [5.41, 5.74) is 2.54. The second kappa shape index (κ2) is 20.9. The monoisotopic (exact) mass is 975 g/mol. The van der Waals surface area contributed by atoms with Crippen molar-refractivity contribution < 1.29 is 37.9 Å². The molecule has 71 heavy (non-hydrogen) atoms. The van der Waals surface area contributed by atoms with Crippen molar-refractivity contribution in [2.75, 3.05) is 88.1 Å². The van der Waals surface area contributed by atoms with E-state index in [9.17, 15) is 33.2 Å². The lowest BCUT2D eigenvalue weighted by Gasteiger charge is -2.39. The van der Waals surface area contributed by atoms with Crippen LogP contribution in [0.3, 0.4) is 0 Å². The summed E-state index contributed by atoms with van der Waals surface area (Å²) < 4.78 is 22.2. The number of piperazine rings is 1. The molecule has 0 bridgehead atoms. The van der Waals surface area contributed by atoms with E-state index in [0.29, 0.717) is 87.4 Å². The second-order valence-electron chi connectivity index (χ2n) is 19.5. The zero-order chi connectivity index (χ0) is 49.2. The van der Waals surface area contributed by atoms with E-state index >= 15 is 0 Å². The number of nitrogens with one attached hydrogen (secondary N) is 4. The number of unbranched alkanes of at least 4 members (excludes halogenated alkanes) is 1. The zero-order valence-electron chi connectivity index (χ0n) is 40.1. The van der Waals surface area contributed by atoms with Crippen molar-refractivity contribution in [2.24, 2.45) is 0 Å². The lowest BCUT2D eigenvalue weighted by Crippen LogP contribution is -2.55. The molecule has 21 heteroatoms. The van der Waals surface area contributed by atoms with Crippen LogP contribution < -0.4 is 26.2 Å². The molecule has 10 rings (SSSR count). The SMILES string of the molecule is CO[C@H]1CCN(c2nccc(Nc3cc4c(cn3)c(C(=O)NC3CCN(C(=O)N5CCN(CCCCNc6cccc7c6C(=O)N(C6CCC(=O)NC6=O)C7=O)CC5)CC3)cn4C3CCCC3)n2)C[C@H]1F. The Kier molecular flexibility index (Phi) is 14.1. The van der Waals surface area contributed by atoms with Gasteiger partial charge in [-0.05, 0) is 76.1 Å². The molecule has 3 aromatic heterocycles. The van der Waals surface area contributed by atoms with E-state index in [4.69, 9.17) is 9.72 Å². The minimum absolute atomic E-state index is 0.0339. The van der Waals surface area contributed by atoms with E-state index in [2.05, 4.69) is 40.7 Å². The van der Waals surface area contributed by atoms with Crippen molar-refractivity contribution in [3.8, 4) is 0 Å². The largest absolute Gasteiger partial charge is 0.384 e. The number of piperidine rings is 3. The number of alkyl halides is 1. The Morgan fingerprint density at radius 3 is 2.42 bits per heavy atom. The van der Waals surface area contributed by atoms with E-state index in [1.165, 1.54) is 7.11 Å². The van der Waals surface area contributed by atoms with Crippen LogP contribution in [-0.4, -0.2) is 172 Å². The number of likely N-dealkylation sites (tertiary alicyclic amines) is 1. The molecule has 3 atom stereocenters. The summed E-state index contributed by atoms with van der Waals surface area (Å²) in [7, 11) is 1.53. The molecule has 0 radical (unpaired) electrons. The number of benzene rings is 1. The molecule has 4 N–H and O–H groups in total.